The summed E-state index contributed by atoms with van der Waals surface area (Å²) in [6.45, 7) is 5.31. The quantitative estimate of drug-likeness (QED) is 0.410. The van der Waals surface area contributed by atoms with Crippen LogP contribution in [-0.4, -0.2) is 82.6 Å². The number of rotatable bonds is 1. The van der Waals surface area contributed by atoms with Gasteiger partial charge in [0.1, 0.15) is 18.5 Å². The summed E-state index contributed by atoms with van der Waals surface area (Å²) < 4.78 is 42.0. The average molecular weight is 673 g/mol. The number of anilines is 1. The monoisotopic (exact) mass is 672 g/mol. The number of hydrogen-bond acceptors (Lipinski definition) is 8. The summed E-state index contributed by atoms with van der Waals surface area (Å²) in [4.78, 5) is 31.5. The van der Waals surface area contributed by atoms with E-state index in [1.807, 2.05) is 30.4 Å². The minimum atomic E-state index is -4.20. The van der Waals surface area contributed by atoms with Crippen LogP contribution in [0.3, 0.4) is 0 Å². The van der Waals surface area contributed by atoms with Gasteiger partial charge in [-0.05, 0) is 106 Å². The predicted octanol–water partition coefficient (Wildman–Crippen LogP) is 5.24. The first-order chi connectivity index (χ1) is 21.8. The Kier molecular flexibility index (Phi) is 10.2. The second kappa shape index (κ2) is 13.8. The Labute approximate surface area is 277 Å². The van der Waals surface area contributed by atoms with Gasteiger partial charge in [0.25, 0.3) is 15.9 Å². The average Bonchev–Trinajstić information content (AvgIpc) is 3.01. The minimum absolute atomic E-state index is 0.0105. The van der Waals surface area contributed by atoms with Crippen molar-refractivity contribution in [2.24, 2.45) is 11.8 Å². The number of amides is 2. The summed E-state index contributed by atoms with van der Waals surface area (Å²) in [5.41, 5.74) is 1.66. The van der Waals surface area contributed by atoms with Crippen molar-refractivity contribution in [2.75, 3.05) is 45.7 Å². The number of likely N-dealkylation sites (N-methyl/N-ethyl adjacent to an activating group) is 1. The van der Waals surface area contributed by atoms with E-state index in [2.05, 4.69) is 9.62 Å². The van der Waals surface area contributed by atoms with Crippen LogP contribution in [0.1, 0.15) is 50.7 Å². The van der Waals surface area contributed by atoms with Gasteiger partial charge in [-0.1, -0.05) is 23.7 Å². The van der Waals surface area contributed by atoms with Gasteiger partial charge in [0, 0.05) is 44.7 Å². The number of fused-ring (bicyclic) bond motifs is 3. The van der Waals surface area contributed by atoms with Crippen molar-refractivity contribution in [1.29, 1.82) is 0 Å². The lowest BCUT2D eigenvalue weighted by atomic mass is 9.70. The lowest BCUT2D eigenvalue weighted by Gasteiger charge is -2.43. The third kappa shape index (κ3) is 7.47. The van der Waals surface area contributed by atoms with Crippen LogP contribution >= 0.6 is 11.6 Å². The summed E-state index contributed by atoms with van der Waals surface area (Å²) in [5.74, 6) is 0.182. The van der Waals surface area contributed by atoms with Gasteiger partial charge < -0.3 is 19.3 Å². The third-order valence-electron chi connectivity index (χ3n) is 9.65. The molecule has 0 radical (unpaired) electrons. The van der Waals surface area contributed by atoms with E-state index in [1.165, 1.54) is 11.0 Å². The van der Waals surface area contributed by atoms with Gasteiger partial charge in [-0.15, -0.1) is 0 Å². The van der Waals surface area contributed by atoms with Crippen LogP contribution in [0, 0.1) is 11.8 Å². The van der Waals surface area contributed by atoms with Crippen LogP contribution in [0.15, 0.2) is 53.4 Å². The fraction of sp³-hybridized carbons (Fsp3) is 0.529. The molecule has 2 bridgehead atoms. The fourth-order valence-corrected chi connectivity index (χ4v) is 7.49. The van der Waals surface area contributed by atoms with Gasteiger partial charge in [-0.25, -0.2) is 17.9 Å². The molecule has 1 aliphatic carbocycles. The number of nitrogens with one attached hydrogen (secondary N) is 1. The molecule has 2 aliphatic heterocycles. The molecule has 2 amide bonds. The maximum absolute atomic E-state index is 13.7. The predicted molar refractivity (Wildman–Crippen MR) is 179 cm³/mol. The Morgan fingerprint density at radius 2 is 1.89 bits per heavy atom. The van der Waals surface area contributed by atoms with Crippen molar-refractivity contribution in [1.82, 2.24) is 14.5 Å². The molecule has 2 aromatic rings. The molecule has 0 aromatic heterocycles. The van der Waals surface area contributed by atoms with Crippen molar-refractivity contribution >= 4 is 39.3 Å². The maximum Gasteiger partial charge on any atom is 0.409 e. The zero-order chi connectivity index (χ0) is 33.2. The van der Waals surface area contributed by atoms with E-state index < -0.39 is 33.7 Å². The number of sulfonamides is 1. The lowest BCUT2D eigenvalue weighted by Crippen LogP contribution is -2.54. The highest BCUT2D eigenvalue weighted by Crippen LogP contribution is 2.42. The van der Waals surface area contributed by atoms with E-state index in [9.17, 15) is 18.0 Å². The highest BCUT2D eigenvalue weighted by molar-refractivity contribution is 7.90. The number of carbonyl (C=O) groups is 2. The molecule has 250 valence electrons. The summed E-state index contributed by atoms with van der Waals surface area (Å²) in [6.07, 6.45) is 7.41. The zero-order valence-electron chi connectivity index (χ0n) is 27.3. The van der Waals surface area contributed by atoms with Crippen molar-refractivity contribution in [3.8, 4) is 5.75 Å². The SMILES string of the molecule is CN(C)C(=O)O[C@H]1/C=C/CN(C)C(C)(C)C(=O)NS(=O)(=O)c2ccc3c(c2)N(CCCCc2cc(Cl)ccc2CO3)C[C@@H]2CC[C@H]21. The molecule has 0 spiro atoms. The first-order valence-corrected chi connectivity index (χ1v) is 17.7. The van der Waals surface area contributed by atoms with Crippen molar-refractivity contribution in [3.05, 3.63) is 64.7 Å². The molecule has 3 atom stereocenters. The molecule has 5 rings (SSSR count). The number of aryl methyl sites for hydroxylation is 1. The van der Waals surface area contributed by atoms with Crippen molar-refractivity contribution in [3.63, 3.8) is 0 Å². The van der Waals surface area contributed by atoms with E-state index in [4.69, 9.17) is 21.1 Å². The second-order valence-electron chi connectivity index (χ2n) is 13.3. The van der Waals surface area contributed by atoms with Gasteiger partial charge in [0.2, 0.25) is 0 Å². The van der Waals surface area contributed by atoms with Crippen LogP contribution < -0.4 is 14.4 Å². The summed E-state index contributed by atoms with van der Waals surface area (Å²) in [5, 5.41) is 0.681. The molecule has 3 aliphatic rings. The van der Waals surface area contributed by atoms with Gasteiger partial charge >= 0.3 is 6.09 Å². The Morgan fingerprint density at radius 1 is 1.11 bits per heavy atom. The van der Waals surface area contributed by atoms with E-state index in [0.717, 1.165) is 43.2 Å². The lowest BCUT2D eigenvalue weighted by molar-refractivity contribution is -0.128. The topological polar surface area (TPSA) is 108 Å². The summed E-state index contributed by atoms with van der Waals surface area (Å²) in [7, 11) is 0.890. The molecule has 2 aromatic carbocycles. The number of nitrogens with zero attached hydrogens (tertiary/aromatic N) is 3. The van der Waals surface area contributed by atoms with Gasteiger partial charge in [-0.2, -0.15) is 0 Å². The van der Waals surface area contributed by atoms with Crippen LogP contribution in [-0.2, 0) is 32.6 Å². The van der Waals surface area contributed by atoms with E-state index in [0.29, 0.717) is 42.7 Å². The number of ether oxygens (including phenoxy) is 2. The molecule has 46 heavy (non-hydrogen) atoms. The molecule has 10 nitrogen and oxygen atoms in total. The van der Waals surface area contributed by atoms with E-state index in [1.54, 1.807) is 52.0 Å². The Hall–Kier alpha value is -3.28. The molecule has 1 fully saturated rings. The first kappa shape index (κ1) is 34.1. The Bertz CT molecular complexity index is 1590. The van der Waals surface area contributed by atoms with Crippen molar-refractivity contribution < 1.29 is 27.5 Å². The minimum Gasteiger partial charge on any atom is -0.487 e. The smallest absolute Gasteiger partial charge is 0.409 e. The molecule has 0 saturated heterocycles. The Balaban J connectivity index is 1.57. The molecule has 1 saturated carbocycles. The number of halogens is 1. The second-order valence-corrected chi connectivity index (χ2v) is 15.4. The summed E-state index contributed by atoms with van der Waals surface area (Å²) >= 11 is 6.33. The van der Waals surface area contributed by atoms with Crippen LogP contribution in [0.4, 0.5) is 10.5 Å². The molecular formula is C34H45ClN4O6S. The van der Waals surface area contributed by atoms with Crippen LogP contribution in [0.5, 0.6) is 5.75 Å². The Morgan fingerprint density at radius 3 is 2.61 bits per heavy atom. The standard InChI is InChI=1S/C34H45ClN4O6S/c1-34(2)32(40)36-46(42,43)27-14-16-31-29(20-27)39(18-7-6-9-23-19-26(35)13-11-25(23)22-44-31)21-24-12-15-28(24)30(10-8-17-38(34)5)45-33(41)37(3)4/h8,10-11,13-14,16,19-20,24,28,30H,6-7,9,12,15,17-18,21-22H2,1-5H3,(H,36,40)/b10-8+/t24-,28+,30-/m0/s1. The van der Waals surface area contributed by atoms with Crippen LogP contribution in [0.25, 0.3) is 0 Å². The molecule has 1 N–H and O–H groups in total. The highest BCUT2D eigenvalue weighted by atomic mass is 35.5. The molecule has 0 unspecified atom stereocenters. The molecule has 2 heterocycles. The third-order valence-corrected chi connectivity index (χ3v) is 11.2. The summed E-state index contributed by atoms with van der Waals surface area (Å²) in [6, 6.07) is 10.6. The van der Waals surface area contributed by atoms with E-state index >= 15 is 0 Å². The maximum atomic E-state index is 13.7. The van der Waals surface area contributed by atoms with Crippen LogP contribution in [0.2, 0.25) is 5.02 Å². The normalized spacial score (nSPS) is 25.7. The van der Waals surface area contributed by atoms with Gasteiger partial charge in [-0.3, -0.25) is 9.69 Å². The highest BCUT2D eigenvalue weighted by Gasteiger charge is 2.40. The fourth-order valence-electron chi connectivity index (χ4n) is 6.17. The van der Waals surface area contributed by atoms with Gasteiger partial charge in [0.15, 0.2) is 0 Å². The number of benzene rings is 2. The van der Waals surface area contributed by atoms with E-state index in [-0.39, 0.29) is 16.7 Å². The number of hydrogen-bond donors (Lipinski definition) is 1. The van der Waals surface area contributed by atoms with Gasteiger partial charge in [0.05, 0.1) is 16.1 Å². The number of carbonyl (C=O) groups excluding carboxylic acids is 2. The largest absolute Gasteiger partial charge is 0.487 e. The molecular weight excluding hydrogens is 628 g/mol. The zero-order valence-corrected chi connectivity index (χ0v) is 28.9. The van der Waals surface area contributed by atoms with Crippen molar-refractivity contribution in [2.45, 2.75) is 69.1 Å². The first-order valence-electron chi connectivity index (χ1n) is 15.9. The molecule has 12 heteroatoms.